The summed E-state index contributed by atoms with van der Waals surface area (Å²) < 4.78 is 6.67. The number of aromatic nitrogens is 3. The molecule has 2 aromatic heterocycles. The molecule has 0 aliphatic rings. The quantitative estimate of drug-likeness (QED) is 0.937. The van der Waals surface area contributed by atoms with E-state index in [1.165, 1.54) is 10.9 Å². The van der Waals surface area contributed by atoms with Crippen molar-refractivity contribution in [2.75, 3.05) is 0 Å². The monoisotopic (exact) mass is 299 g/mol. The lowest BCUT2D eigenvalue weighted by Gasteiger charge is -2.19. The number of carbonyl (C=O) groups is 1. The third-order valence-electron chi connectivity index (χ3n) is 2.59. The van der Waals surface area contributed by atoms with Crippen LogP contribution in [0.15, 0.2) is 30.7 Å². The van der Waals surface area contributed by atoms with Gasteiger partial charge in [0.25, 0.3) is 0 Å². The van der Waals surface area contributed by atoms with Crippen LogP contribution in [0.4, 0.5) is 4.79 Å². The second kappa shape index (κ2) is 6.26. The predicted molar refractivity (Wildman–Crippen MR) is 79.1 cm³/mol. The van der Waals surface area contributed by atoms with Gasteiger partial charge >= 0.3 is 6.09 Å². The number of amides is 1. The molecular formula is C15H17N5O2. The van der Waals surface area contributed by atoms with E-state index < -0.39 is 11.7 Å². The molecule has 1 amide bonds. The van der Waals surface area contributed by atoms with Crippen molar-refractivity contribution in [3.05, 3.63) is 41.9 Å². The molecular weight excluding hydrogens is 282 g/mol. The highest BCUT2D eigenvalue weighted by Crippen LogP contribution is 2.08. The highest BCUT2D eigenvalue weighted by atomic mass is 16.6. The SMILES string of the molecule is CC(C)(C)OC(=O)NCc1ccc(-n2cc(C#N)cn2)nc1. The molecule has 0 aliphatic carbocycles. The van der Waals surface area contributed by atoms with E-state index in [0.29, 0.717) is 17.9 Å². The van der Waals surface area contributed by atoms with E-state index >= 15 is 0 Å². The number of carbonyl (C=O) groups excluding carboxylic acids is 1. The number of nitrogens with one attached hydrogen (secondary N) is 1. The maximum atomic E-state index is 11.6. The molecule has 0 radical (unpaired) electrons. The molecule has 0 unspecified atom stereocenters. The first-order valence-corrected chi connectivity index (χ1v) is 6.74. The van der Waals surface area contributed by atoms with Gasteiger partial charge in [0.05, 0.1) is 18.0 Å². The van der Waals surface area contributed by atoms with Gasteiger partial charge < -0.3 is 10.1 Å². The van der Waals surface area contributed by atoms with Gasteiger partial charge in [-0.3, -0.25) is 0 Å². The van der Waals surface area contributed by atoms with Crippen molar-refractivity contribution in [1.82, 2.24) is 20.1 Å². The van der Waals surface area contributed by atoms with Gasteiger partial charge in [-0.25, -0.2) is 14.5 Å². The van der Waals surface area contributed by atoms with E-state index in [1.54, 1.807) is 18.5 Å². The lowest BCUT2D eigenvalue weighted by Crippen LogP contribution is -2.32. The summed E-state index contributed by atoms with van der Waals surface area (Å²) in [5.74, 6) is 0.600. The largest absolute Gasteiger partial charge is 0.444 e. The predicted octanol–water partition coefficient (Wildman–Crippen LogP) is 2.16. The van der Waals surface area contributed by atoms with Gasteiger partial charge in [-0.2, -0.15) is 10.4 Å². The average Bonchev–Trinajstić information content (AvgIpc) is 2.93. The van der Waals surface area contributed by atoms with Gasteiger partial charge in [-0.1, -0.05) is 6.07 Å². The normalized spacial score (nSPS) is 10.8. The summed E-state index contributed by atoms with van der Waals surface area (Å²) in [6.07, 6.45) is 4.24. The van der Waals surface area contributed by atoms with Crippen molar-refractivity contribution in [3.8, 4) is 11.9 Å². The van der Waals surface area contributed by atoms with E-state index in [4.69, 9.17) is 10.00 Å². The average molecular weight is 299 g/mol. The summed E-state index contributed by atoms with van der Waals surface area (Å²) in [7, 11) is 0. The van der Waals surface area contributed by atoms with Gasteiger partial charge in [0.2, 0.25) is 0 Å². The molecule has 0 aromatic carbocycles. The van der Waals surface area contributed by atoms with Crippen LogP contribution in [0.25, 0.3) is 5.82 Å². The van der Waals surface area contributed by atoms with Crippen LogP contribution in [0.5, 0.6) is 0 Å². The fourth-order valence-corrected chi connectivity index (χ4v) is 1.65. The lowest BCUT2D eigenvalue weighted by molar-refractivity contribution is 0.0523. The van der Waals surface area contributed by atoms with E-state index in [0.717, 1.165) is 5.56 Å². The molecule has 22 heavy (non-hydrogen) atoms. The number of alkyl carbamates (subject to hydrolysis) is 1. The fraction of sp³-hybridized carbons (Fsp3) is 0.333. The highest BCUT2D eigenvalue weighted by Gasteiger charge is 2.15. The Morgan fingerprint density at radius 1 is 1.41 bits per heavy atom. The number of nitriles is 1. The second-order valence-corrected chi connectivity index (χ2v) is 5.67. The maximum Gasteiger partial charge on any atom is 0.407 e. The van der Waals surface area contributed by atoms with E-state index in [1.807, 2.05) is 32.9 Å². The fourth-order valence-electron chi connectivity index (χ4n) is 1.65. The molecule has 7 heteroatoms. The Morgan fingerprint density at radius 3 is 2.73 bits per heavy atom. The van der Waals surface area contributed by atoms with Crippen LogP contribution in [0, 0.1) is 11.3 Å². The number of ether oxygens (including phenoxy) is 1. The molecule has 114 valence electrons. The Bertz CT molecular complexity index is 692. The first kappa shape index (κ1) is 15.5. The van der Waals surface area contributed by atoms with Crippen LogP contribution in [0.2, 0.25) is 0 Å². The molecule has 0 saturated heterocycles. The molecule has 0 fully saturated rings. The van der Waals surface area contributed by atoms with Crippen LogP contribution in [0.1, 0.15) is 31.9 Å². The van der Waals surface area contributed by atoms with Gasteiger partial charge in [0.15, 0.2) is 5.82 Å². The Balaban J connectivity index is 1.95. The van der Waals surface area contributed by atoms with Crippen LogP contribution in [-0.4, -0.2) is 26.5 Å². The first-order chi connectivity index (χ1) is 10.4. The van der Waals surface area contributed by atoms with E-state index in [9.17, 15) is 4.79 Å². The van der Waals surface area contributed by atoms with Crippen LogP contribution in [0.3, 0.4) is 0 Å². The zero-order valence-electron chi connectivity index (χ0n) is 12.7. The molecule has 7 nitrogen and oxygen atoms in total. The van der Waals surface area contributed by atoms with Gasteiger partial charge in [0, 0.05) is 12.7 Å². The zero-order chi connectivity index (χ0) is 16.2. The van der Waals surface area contributed by atoms with Crippen molar-refractivity contribution in [1.29, 1.82) is 5.26 Å². The molecule has 2 rings (SSSR count). The second-order valence-electron chi connectivity index (χ2n) is 5.67. The van der Waals surface area contributed by atoms with Crippen molar-refractivity contribution in [3.63, 3.8) is 0 Å². The summed E-state index contributed by atoms with van der Waals surface area (Å²) in [6.45, 7) is 5.75. The van der Waals surface area contributed by atoms with Crippen molar-refractivity contribution in [2.45, 2.75) is 32.9 Å². The third kappa shape index (κ3) is 4.31. The van der Waals surface area contributed by atoms with Crippen molar-refractivity contribution < 1.29 is 9.53 Å². The summed E-state index contributed by atoms with van der Waals surface area (Å²) in [5.41, 5.74) is 0.782. The smallest absolute Gasteiger partial charge is 0.407 e. The minimum absolute atomic E-state index is 0.324. The Kier molecular flexibility index (Phi) is 4.41. The van der Waals surface area contributed by atoms with Crippen molar-refractivity contribution in [2.24, 2.45) is 0 Å². The minimum atomic E-state index is -0.523. The lowest BCUT2D eigenvalue weighted by atomic mass is 10.2. The van der Waals surface area contributed by atoms with Crippen LogP contribution >= 0.6 is 0 Å². The van der Waals surface area contributed by atoms with Gasteiger partial charge in [-0.15, -0.1) is 0 Å². The number of nitrogens with zero attached hydrogens (tertiary/aromatic N) is 4. The summed E-state index contributed by atoms with van der Waals surface area (Å²) in [6, 6.07) is 5.60. The third-order valence-corrected chi connectivity index (χ3v) is 2.59. The first-order valence-electron chi connectivity index (χ1n) is 6.74. The van der Waals surface area contributed by atoms with E-state index in [2.05, 4.69) is 15.4 Å². The zero-order valence-corrected chi connectivity index (χ0v) is 12.7. The number of pyridine rings is 1. The van der Waals surface area contributed by atoms with Gasteiger partial charge in [-0.05, 0) is 32.4 Å². The topological polar surface area (TPSA) is 92.8 Å². The number of rotatable bonds is 3. The summed E-state index contributed by atoms with van der Waals surface area (Å²) in [5, 5.41) is 15.5. The highest BCUT2D eigenvalue weighted by molar-refractivity contribution is 5.67. The molecule has 0 atom stereocenters. The molecule has 0 saturated carbocycles. The summed E-state index contributed by atoms with van der Waals surface area (Å²) >= 11 is 0. The van der Waals surface area contributed by atoms with Gasteiger partial charge in [0.1, 0.15) is 11.7 Å². The maximum absolute atomic E-state index is 11.6. The molecule has 0 bridgehead atoms. The van der Waals surface area contributed by atoms with Crippen LogP contribution < -0.4 is 5.32 Å². The molecule has 0 aliphatic heterocycles. The molecule has 2 aromatic rings. The number of hydrogen-bond donors (Lipinski definition) is 1. The Labute approximate surface area is 128 Å². The Hall–Kier alpha value is -2.88. The molecule has 2 heterocycles. The van der Waals surface area contributed by atoms with Crippen LogP contribution in [-0.2, 0) is 11.3 Å². The molecule has 0 spiro atoms. The van der Waals surface area contributed by atoms with Crippen molar-refractivity contribution >= 4 is 6.09 Å². The van der Waals surface area contributed by atoms with E-state index in [-0.39, 0.29) is 0 Å². The number of hydrogen-bond acceptors (Lipinski definition) is 5. The molecule has 1 N–H and O–H groups in total. The Morgan fingerprint density at radius 2 is 2.18 bits per heavy atom. The minimum Gasteiger partial charge on any atom is -0.444 e. The summed E-state index contributed by atoms with van der Waals surface area (Å²) in [4.78, 5) is 15.8. The standard InChI is InChI=1S/C15H17N5O2/c1-15(2,3)22-14(21)18-8-11-4-5-13(17-7-11)20-10-12(6-16)9-19-20/h4-5,7,9-10H,8H2,1-3H3,(H,18,21).